The zero-order valence-electron chi connectivity index (χ0n) is 9.40. The molecule has 2 aliphatic rings. The van der Waals surface area contributed by atoms with Crippen molar-refractivity contribution in [2.24, 2.45) is 0 Å². The van der Waals surface area contributed by atoms with E-state index < -0.39 is 6.03 Å². The van der Waals surface area contributed by atoms with Gasteiger partial charge in [-0.1, -0.05) is 17.0 Å². The lowest BCUT2D eigenvalue weighted by atomic mass is 9.89. The molecule has 88 valence electrons. The van der Waals surface area contributed by atoms with Gasteiger partial charge in [-0.2, -0.15) is 10.1 Å². The number of anilines is 1. The Morgan fingerprint density at radius 3 is 2.76 bits per heavy atom. The van der Waals surface area contributed by atoms with E-state index in [2.05, 4.69) is 10.6 Å². The number of nitrogens with zero attached hydrogens (tertiary/aromatic N) is 1. The van der Waals surface area contributed by atoms with Gasteiger partial charge in [-0.05, 0) is 37.9 Å². The zero-order chi connectivity index (χ0) is 11.8. The number of benzene rings is 1. The van der Waals surface area contributed by atoms with Crippen molar-refractivity contribution in [1.29, 1.82) is 0 Å². The third kappa shape index (κ3) is 1.63. The molecule has 2 heterocycles. The van der Waals surface area contributed by atoms with Gasteiger partial charge >= 0.3 is 6.03 Å². The summed E-state index contributed by atoms with van der Waals surface area (Å²) in [4.78, 5) is 22.9. The summed E-state index contributed by atoms with van der Waals surface area (Å²) in [6.45, 7) is 1.98. The highest BCUT2D eigenvalue weighted by atomic mass is 16.3. The average Bonchev–Trinajstić information content (AvgIpc) is 2.67. The van der Waals surface area contributed by atoms with E-state index in [9.17, 15) is 9.70 Å². The molecule has 0 radical (unpaired) electrons. The van der Waals surface area contributed by atoms with Crippen LogP contribution < -0.4 is 10.6 Å². The van der Waals surface area contributed by atoms with Crippen LogP contribution in [0.1, 0.15) is 24.3 Å². The lowest BCUT2D eigenvalue weighted by molar-refractivity contribution is -0.344. The first kappa shape index (κ1) is 10.4. The fraction of sp³-hybridized carbons (Fsp3) is 0.417. The Kier molecular flexibility index (Phi) is 2.40. The second-order valence-electron chi connectivity index (χ2n) is 4.49. The van der Waals surface area contributed by atoms with Gasteiger partial charge in [-0.15, -0.1) is 0 Å². The number of carbonyl (C=O) groups is 1. The minimum Gasteiger partial charge on any atom is -0.317 e. The number of amides is 2. The summed E-state index contributed by atoms with van der Waals surface area (Å²) in [7, 11) is 0. The second kappa shape index (κ2) is 3.92. The molecule has 1 aromatic rings. The molecule has 0 spiro atoms. The van der Waals surface area contributed by atoms with E-state index in [4.69, 9.17) is 0 Å². The van der Waals surface area contributed by atoms with Crippen LogP contribution in [-0.2, 0) is 0 Å². The molecule has 1 saturated heterocycles. The molecular weight excluding hydrogens is 218 g/mol. The third-order valence-electron chi connectivity index (χ3n) is 3.49. The van der Waals surface area contributed by atoms with Crippen molar-refractivity contribution in [3.05, 3.63) is 28.7 Å². The minimum absolute atomic E-state index is 0.429. The van der Waals surface area contributed by atoms with Gasteiger partial charge in [0.25, 0.3) is 0 Å². The fourth-order valence-corrected chi connectivity index (χ4v) is 2.60. The van der Waals surface area contributed by atoms with Gasteiger partial charge in [0.1, 0.15) is 0 Å². The summed E-state index contributed by atoms with van der Waals surface area (Å²) in [5, 5.41) is 5.98. The predicted molar refractivity (Wildman–Crippen MR) is 63.6 cm³/mol. The summed E-state index contributed by atoms with van der Waals surface area (Å²) in [6, 6.07) is 4.96. The smallest absolute Gasteiger partial charge is 0.317 e. The van der Waals surface area contributed by atoms with E-state index in [1.807, 2.05) is 12.1 Å². The molecule has 0 unspecified atom stereocenters. The van der Waals surface area contributed by atoms with Gasteiger partial charge in [-0.3, -0.25) is 0 Å². The standard InChI is InChI=1S/C12H13N3O2/c16-12-14-11-9(8-4-6-13-7-5-8)2-1-3-10(11)15(12)17/h1-3,8,13H,4-7H2/p+1. The fourth-order valence-electron chi connectivity index (χ4n) is 2.60. The maximum absolute atomic E-state index is 11.5. The molecule has 2 aliphatic heterocycles. The minimum atomic E-state index is -0.582. The number of piperidine rings is 1. The summed E-state index contributed by atoms with van der Waals surface area (Å²) in [5.74, 6) is 0.429. The topological polar surface area (TPSA) is 61.2 Å². The Labute approximate surface area is 98.8 Å². The predicted octanol–water partition coefficient (Wildman–Crippen LogP) is 2.11. The SMILES string of the molecule is O=C1Nc2c(C3CCNCC3)cccc2[N+]1=O. The molecule has 0 bridgehead atoms. The first-order valence-corrected chi connectivity index (χ1v) is 5.89. The Balaban J connectivity index is 2.02. The normalized spacial score (nSPS) is 20.2. The zero-order valence-corrected chi connectivity index (χ0v) is 9.40. The van der Waals surface area contributed by atoms with E-state index in [1.54, 1.807) is 6.07 Å². The van der Waals surface area contributed by atoms with Crippen molar-refractivity contribution in [3.63, 3.8) is 0 Å². The van der Waals surface area contributed by atoms with E-state index in [0.29, 0.717) is 22.1 Å². The third-order valence-corrected chi connectivity index (χ3v) is 3.49. The van der Waals surface area contributed by atoms with Crippen LogP contribution in [0.3, 0.4) is 0 Å². The molecule has 17 heavy (non-hydrogen) atoms. The van der Waals surface area contributed by atoms with E-state index in [1.165, 1.54) is 0 Å². The van der Waals surface area contributed by atoms with Gasteiger partial charge in [-0.25, -0.2) is 0 Å². The lowest BCUT2D eigenvalue weighted by Crippen LogP contribution is -2.26. The summed E-state index contributed by atoms with van der Waals surface area (Å²) < 4.78 is 0.430. The van der Waals surface area contributed by atoms with Crippen molar-refractivity contribution in [2.75, 3.05) is 18.4 Å². The number of hydrogen-bond acceptors (Lipinski definition) is 3. The molecule has 5 heteroatoms. The van der Waals surface area contributed by atoms with Crippen molar-refractivity contribution in [1.82, 2.24) is 5.32 Å². The molecule has 2 amide bonds. The number of nitrogens with one attached hydrogen (secondary N) is 2. The van der Waals surface area contributed by atoms with Crippen LogP contribution in [0.4, 0.5) is 16.2 Å². The number of urea groups is 1. The molecule has 0 aliphatic carbocycles. The van der Waals surface area contributed by atoms with Gasteiger partial charge in [0.15, 0.2) is 5.69 Å². The van der Waals surface area contributed by atoms with Crippen molar-refractivity contribution < 1.29 is 9.55 Å². The van der Waals surface area contributed by atoms with Gasteiger partial charge in [0.05, 0.1) is 4.76 Å². The quantitative estimate of drug-likeness (QED) is 0.729. The first-order valence-electron chi connectivity index (χ1n) is 5.89. The molecule has 5 nitrogen and oxygen atoms in total. The van der Waals surface area contributed by atoms with Crippen LogP contribution in [0.15, 0.2) is 18.2 Å². The number of para-hydroxylation sites is 1. The van der Waals surface area contributed by atoms with Crippen LogP contribution in [0.5, 0.6) is 0 Å². The molecule has 1 fully saturated rings. The largest absolute Gasteiger partial charge is 0.540 e. The number of rotatable bonds is 1. The number of nitroso groups, excluding NO2 is 1. The van der Waals surface area contributed by atoms with Crippen LogP contribution in [0.2, 0.25) is 0 Å². The summed E-state index contributed by atoms with van der Waals surface area (Å²) in [5.41, 5.74) is 2.25. The highest BCUT2D eigenvalue weighted by Crippen LogP contribution is 2.39. The van der Waals surface area contributed by atoms with Crippen LogP contribution in [0.25, 0.3) is 0 Å². The van der Waals surface area contributed by atoms with Crippen LogP contribution in [-0.4, -0.2) is 23.9 Å². The van der Waals surface area contributed by atoms with Crippen LogP contribution >= 0.6 is 0 Å². The van der Waals surface area contributed by atoms with Gasteiger partial charge < -0.3 is 5.32 Å². The number of carbonyl (C=O) groups excluding carboxylic acids is 1. The number of fused-ring (bicyclic) bond motifs is 1. The van der Waals surface area contributed by atoms with Crippen molar-refractivity contribution in [2.45, 2.75) is 18.8 Å². The van der Waals surface area contributed by atoms with Crippen molar-refractivity contribution in [3.8, 4) is 0 Å². The van der Waals surface area contributed by atoms with Gasteiger partial charge in [0, 0.05) is 5.56 Å². The summed E-state index contributed by atoms with van der Waals surface area (Å²) in [6.07, 6.45) is 2.09. The second-order valence-corrected chi connectivity index (χ2v) is 4.49. The monoisotopic (exact) mass is 232 g/mol. The molecule has 2 N–H and O–H groups in total. The molecule has 0 saturated carbocycles. The van der Waals surface area contributed by atoms with Crippen molar-refractivity contribution >= 4 is 17.4 Å². The maximum Gasteiger partial charge on any atom is 0.540 e. The molecule has 0 atom stereocenters. The van der Waals surface area contributed by atoms with Gasteiger partial charge in [0.2, 0.25) is 5.69 Å². The van der Waals surface area contributed by atoms with E-state index in [-0.39, 0.29) is 0 Å². The average molecular weight is 232 g/mol. The number of hydrogen-bond donors (Lipinski definition) is 2. The Bertz CT molecular complexity index is 493. The maximum atomic E-state index is 11.5. The first-order chi connectivity index (χ1) is 8.27. The molecular formula is C12H14N3O2+. The van der Waals surface area contributed by atoms with E-state index in [0.717, 1.165) is 31.5 Å². The Morgan fingerprint density at radius 1 is 1.24 bits per heavy atom. The Morgan fingerprint density at radius 2 is 2.00 bits per heavy atom. The van der Waals surface area contributed by atoms with E-state index >= 15 is 0 Å². The lowest BCUT2D eigenvalue weighted by Gasteiger charge is -2.23. The van der Waals surface area contributed by atoms with Crippen LogP contribution in [0, 0.1) is 4.91 Å². The molecule has 0 aromatic heterocycles. The highest BCUT2D eigenvalue weighted by molar-refractivity contribution is 5.95. The molecule has 1 aromatic carbocycles. The molecule has 3 rings (SSSR count). The Hall–Kier alpha value is -1.75. The highest BCUT2D eigenvalue weighted by Gasteiger charge is 2.39. The summed E-state index contributed by atoms with van der Waals surface area (Å²) >= 11 is 0.